The van der Waals surface area contributed by atoms with Crippen LogP contribution >= 0.6 is 11.8 Å². The van der Waals surface area contributed by atoms with E-state index >= 15 is 0 Å². The molecule has 0 saturated heterocycles. The van der Waals surface area contributed by atoms with Crippen molar-refractivity contribution in [1.29, 1.82) is 0 Å². The molecule has 1 aliphatic heterocycles. The van der Waals surface area contributed by atoms with Gasteiger partial charge in [-0.2, -0.15) is 4.31 Å². The van der Waals surface area contributed by atoms with Crippen LogP contribution in [0.5, 0.6) is 5.75 Å². The Bertz CT molecular complexity index is 1100. The number of thioether (sulfide) groups is 1. The molecule has 3 rings (SSSR count). The molecule has 1 atom stereocenters. The molecule has 10 heteroatoms. The lowest BCUT2D eigenvalue weighted by atomic mass is 10.2. The van der Waals surface area contributed by atoms with Crippen molar-refractivity contribution in [3.8, 4) is 5.75 Å². The number of anilines is 2. The van der Waals surface area contributed by atoms with Crippen LogP contribution in [0.1, 0.15) is 27.2 Å². The van der Waals surface area contributed by atoms with Crippen molar-refractivity contribution < 1.29 is 22.7 Å². The highest BCUT2D eigenvalue weighted by Crippen LogP contribution is 2.37. The first-order chi connectivity index (χ1) is 15.3. The Labute approximate surface area is 192 Å². The maximum absolute atomic E-state index is 12.9. The Hall–Kier alpha value is -2.56. The Morgan fingerprint density at radius 2 is 1.88 bits per heavy atom. The fourth-order valence-electron chi connectivity index (χ4n) is 3.36. The van der Waals surface area contributed by atoms with Gasteiger partial charge >= 0.3 is 0 Å². The average Bonchev–Trinajstić information content (AvgIpc) is 2.76. The minimum atomic E-state index is -3.70. The molecule has 0 unspecified atom stereocenters. The van der Waals surface area contributed by atoms with Gasteiger partial charge in [0.2, 0.25) is 21.8 Å². The number of hydrogen-bond acceptors (Lipinski definition) is 6. The number of para-hydroxylation sites is 1. The second-order valence-electron chi connectivity index (χ2n) is 7.02. The average molecular weight is 478 g/mol. The van der Waals surface area contributed by atoms with E-state index in [-0.39, 0.29) is 22.9 Å². The molecule has 1 aliphatic rings. The number of sulfonamides is 1. The highest BCUT2D eigenvalue weighted by molar-refractivity contribution is 8.01. The standard InChI is InChI=1S/C22H27N3O5S2/c1-4-25(5-2)32(28,29)15-11-12-18(30-6-3)17(13-15)23-21(26)14-20-22(27)24-16-9-7-8-10-19(16)31-20/h7-13,20H,4-6,14H2,1-3H3,(H,23,26)(H,24,27)/t20-/m1/s1. The first-order valence-corrected chi connectivity index (χ1v) is 12.8. The van der Waals surface area contributed by atoms with E-state index in [1.807, 2.05) is 24.3 Å². The van der Waals surface area contributed by atoms with Crippen LogP contribution in [-0.2, 0) is 19.6 Å². The van der Waals surface area contributed by atoms with Gasteiger partial charge in [-0.25, -0.2) is 8.42 Å². The maximum Gasteiger partial charge on any atom is 0.243 e. The van der Waals surface area contributed by atoms with Gasteiger partial charge in [-0.1, -0.05) is 26.0 Å². The molecule has 172 valence electrons. The predicted octanol–water partition coefficient (Wildman–Crippen LogP) is 3.56. The second kappa shape index (κ2) is 10.4. The number of nitrogens with one attached hydrogen (secondary N) is 2. The van der Waals surface area contributed by atoms with Crippen LogP contribution in [0, 0.1) is 0 Å². The molecular formula is C22H27N3O5S2. The van der Waals surface area contributed by atoms with E-state index in [0.29, 0.717) is 25.4 Å². The quantitative estimate of drug-likeness (QED) is 0.572. The van der Waals surface area contributed by atoms with Crippen molar-refractivity contribution in [2.75, 3.05) is 30.3 Å². The zero-order valence-corrected chi connectivity index (χ0v) is 19.9. The van der Waals surface area contributed by atoms with Crippen LogP contribution in [-0.4, -0.2) is 49.5 Å². The predicted molar refractivity (Wildman–Crippen MR) is 126 cm³/mol. The molecule has 2 aromatic carbocycles. The van der Waals surface area contributed by atoms with Crippen LogP contribution in [0.2, 0.25) is 0 Å². The number of amides is 2. The fraction of sp³-hybridized carbons (Fsp3) is 0.364. The zero-order chi connectivity index (χ0) is 23.3. The van der Waals surface area contributed by atoms with Crippen molar-refractivity contribution in [2.45, 2.75) is 42.2 Å². The van der Waals surface area contributed by atoms with Gasteiger partial charge in [-0.3, -0.25) is 9.59 Å². The van der Waals surface area contributed by atoms with Crippen LogP contribution in [0.4, 0.5) is 11.4 Å². The lowest BCUT2D eigenvalue weighted by Crippen LogP contribution is -2.32. The number of carbonyl (C=O) groups is 2. The molecule has 0 aromatic heterocycles. The SMILES string of the molecule is CCOc1ccc(S(=O)(=O)N(CC)CC)cc1NC(=O)C[C@H]1Sc2ccccc2NC1=O. The van der Waals surface area contributed by atoms with Gasteiger partial charge < -0.3 is 15.4 Å². The van der Waals surface area contributed by atoms with Crippen molar-refractivity contribution in [3.63, 3.8) is 0 Å². The number of nitrogens with zero attached hydrogens (tertiary/aromatic N) is 1. The summed E-state index contributed by atoms with van der Waals surface area (Å²) in [5, 5.41) is 4.96. The van der Waals surface area contributed by atoms with Gasteiger partial charge in [0.1, 0.15) is 5.75 Å². The van der Waals surface area contributed by atoms with Crippen LogP contribution < -0.4 is 15.4 Å². The third kappa shape index (κ3) is 5.25. The van der Waals surface area contributed by atoms with Crippen molar-refractivity contribution >= 4 is 45.0 Å². The molecule has 0 fully saturated rings. The van der Waals surface area contributed by atoms with E-state index < -0.39 is 21.2 Å². The van der Waals surface area contributed by atoms with Crippen molar-refractivity contribution in [1.82, 2.24) is 4.31 Å². The number of ether oxygens (including phenoxy) is 1. The summed E-state index contributed by atoms with van der Waals surface area (Å²) in [6, 6.07) is 11.8. The summed E-state index contributed by atoms with van der Waals surface area (Å²) in [6.07, 6.45) is -0.0660. The van der Waals surface area contributed by atoms with E-state index in [9.17, 15) is 18.0 Å². The third-order valence-electron chi connectivity index (χ3n) is 4.95. The largest absolute Gasteiger partial charge is 0.492 e. The molecular weight excluding hydrogens is 450 g/mol. The smallest absolute Gasteiger partial charge is 0.243 e. The van der Waals surface area contributed by atoms with Crippen molar-refractivity contribution in [3.05, 3.63) is 42.5 Å². The van der Waals surface area contributed by atoms with Gasteiger partial charge in [-0.05, 0) is 37.3 Å². The summed E-state index contributed by atoms with van der Waals surface area (Å²) < 4.78 is 32.7. The summed E-state index contributed by atoms with van der Waals surface area (Å²) in [4.78, 5) is 26.2. The Kier molecular flexibility index (Phi) is 7.81. The van der Waals surface area contributed by atoms with E-state index in [1.165, 1.54) is 34.3 Å². The molecule has 32 heavy (non-hydrogen) atoms. The summed E-state index contributed by atoms with van der Waals surface area (Å²) in [7, 11) is -3.70. The molecule has 0 radical (unpaired) electrons. The highest BCUT2D eigenvalue weighted by Gasteiger charge is 2.29. The summed E-state index contributed by atoms with van der Waals surface area (Å²) in [5.74, 6) is -0.285. The summed E-state index contributed by atoms with van der Waals surface area (Å²) in [6.45, 7) is 6.36. The number of fused-ring (bicyclic) bond motifs is 1. The third-order valence-corrected chi connectivity index (χ3v) is 8.27. The molecule has 0 spiro atoms. The van der Waals surface area contributed by atoms with E-state index in [4.69, 9.17) is 4.74 Å². The molecule has 1 heterocycles. The minimum Gasteiger partial charge on any atom is -0.492 e. The van der Waals surface area contributed by atoms with Gasteiger partial charge in [0.15, 0.2) is 0 Å². The molecule has 0 bridgehead atoms. The first kappa shape index (κ1) is 24.1. The van der Waals surface area contributed by atoms with Gasteiger partial charge in [-0.15, -0.1) is 11.8 Å². The first-order valence-electron chi connectivity index (χ1n) is 10.4. The molecule has 2 N–H and O–H groups in total. The number of rotatable bonds is 9. The molecule has 0 saturated carbocycles. The second-order valence-corrected chi connectivity index (χ2v) is 10.2. The fourth-order valence-corrected chi connectivity index (χ4v) is 5.95. The van der Waals surface area contributed by atoms with Gasteiger partial charge in [0.05, 0.1) is 28.1 Å². The van der Waals surface area contributed by atoms with E-state index in [1.54, 1.807) is 20.8 Å². The van der Waals surface area contributed by atoms with E-state index in [0.717, 1.165) is 10.6 Å². The lowest BCUT2D eigenvalue weighted by Gasteiger charge is -2.24. The Morgan fingerprint density at radius 3 is 2.56 bits per heavy atom. The Morgan fingerprint density at radius 1 is 1.16 bits per heavy atom. The van der Waals surface area contributed by atoms with Crippen LogP contribution in [0.3, 0.4) is 0 Å². The summed E-state index contributed by atoms with van der Waals surface area (Å²) >= 11 is 1.33. The van der Waals surface area contributed by atoms with Gasteiger partial charge in [0, 0.05) is 24.4 Å². The number of benzene rings is 2. The highest BCUT2D eigenvalue weighted by atomic mass is 32.2. The van der Waals surface area contributed by atoms with Crippen LogP contribution in [0.25, 0.3) is 0 Å². The molecule has 2 aromatic rings. The lowest BCUT2D eigenvalue weighted by molar-refractivity contribution is -0.120. The Balaban J connectivity index is 1.81. The number of hydrogen-bond donors (Lipinski definition) is 2. The monoisotopic (exact) mass is 477 g/mol. The maximum atomic E-state index is 12.9. The normalized spacial score (nSPS) is 15.8. The molecule has 8 nitrogen and oxygen atoms in total. The summed E-state index contributed by atoms with van der Waals surface area (Å²) in [5.41, 5.74) is 0.985. The topological polar surface area (TPSA) is 105 Å². The van der Waals surface area contributed by atoms with Gasteiger partial charge in [0.25, 0.3) is 0 Å². The minimum absolute atomic E-state index is 0.0660. The zero-order valence-electron chi connectivity index (χ0n) is 18.3. The van der Waals surface area contributed by atoms with E-state index in [2.05, 4.69) is 10.6 Å². The van der Waals surface area contributed by atoms with Crippen LogP contribution in [0.15, 0.2) is 52.3 Å². The number of carbonyl (C=O) groups excluding carboxylic acids is 2. The van der Waals surface area contributed by atoms with Crippen molar-refractivity contribution in [2.24, 2.45) is 0 Å². The molecule has 0 aliphatic carbocycles. The molecule has 2 amide bonds.